The lowest BCUT2D eigenvalue weighted by Crippen LogP contribution is -2.03. The fourth-order valence-corrected chi connectivity index (χ4v) is 0.669. The van der Waals surface area contributed by atoms with Gasteiger partial charge in [0, 0.05) is 7.98 Å². The van der Waals surface area contributed by atoms with Gasteiger partial charge >= 0.3 is 0 Å². The van der Waals surface area contributed by atoms with Gasteiger partial charge < -0.3 is 10.8 Å². The van der Waals surface area contributed by atoms with Crippen LogP contribution in [0.1, 0.15) is 27.5 Å². The summed E-state index contributed by atoms with van der Waals surface area (Å²) in [7, 11) is 0. The largest absolute Gasteiger partial charge is 0.396 e. The molecule has 0 aliphatic rings. The average Bonchev–Trinajstić information content (AvgIpc) is 1.99. The van der Waals surface area contributed by atoms with Crippen LogP contribution in [0.4, 0.5) is 0 Å². The number of aliphatic hydroxyl groups excluding tert-OH is 1. The first-order valence-electron chi connectivity index (χ1n) is 4.16. The minimum Gasteiger partial charge on any atom is -0.396 e. The van der Waals surface area contributed by atoms with E-state index in [0.29, 0.717) is 6.90 Å². The highest BCUT2D eigenvalue weighted by Gasteiger charge is 1.97. The van der Waals surface area contributed by atoms with Crippen molar-refractivity contribution in [1.82, 2.24) is 0 Å². The third-order valence-corrected chi connectivity index (χ3v) is 1.32. The van der Waals surface area contributed by atoms with Crippen molar-refractivity contribution in [3.05, 3.63) is 0 Å². The van der Waals surface area contributed by atoms with Crippen LogP contribution in [0.25, 0.3) is 0 Å². The molecule has 0 fully saturated rings. The second-order valence-electron chi connectivity index (χ2n) is 2.33. The Hall–Kier alpha value is -0.0800. The van der Waals surface area contributed by atoms with E-state index >= 15 is 0 Å². The molecule has 0 aromatic heterocycles. The van der Waals surface area contributed by atoms with Gasteiger partial charge in [-0.05, 0) is 25.3 Å². The summed E-state index contributed by atoms with van der Waals surface area (Å²) in [5, 5.41) is 8.67. The molecule has 0 aromatic carbocycles. The number of nitrogens with two attached hydrogens (primary N) is 1. The van der Waals surface area contributed by atoms with E-state index in [-0.39, 0.29) is 12.5 Å². The first-order chi connectivity index (χ1) is 4.85. The number of hydrogen-bond acceptors (Lipinski definition) is 2. The van der Waals surface area contributed by atoms with Gasteiger partial charge in [-0.3, -0.25) is 0 Å². The van der Waals surface area contributed by atoms with Crippen LogP contribution in [-0.2, 0) is 0 Å². The van der Waals surface area contributed by atoms with E-state index < -0.39 is 0 Å². The Kier molecular flexibility index (Phi) is 4.72. The summed E-state index contributed by atoms with van der Waals surface area (Å²) in [6.45, 7) is 1.20. The zero-order chi connectivity index (χ0) is 7.82. The van der Waals surface area contributed by atoms with Gasteiger partial charge in [0.1, 0.15) is 0 Å². The van der Waals surface area contributed by atoms with Crippen LogP contribution in [0.2, 0.25) is 0 Å². The van der Waals surface area contributed by atoms with E-state index in [1.54, 1.807) is 0 Å². The maximum absolute atomic E-state index is 8.67. The summed E-state index contributed by atoms with van der Waals surface area (Å²) >= 11 is 0. The molecule has 0 amide bonds. The molecule has 0 heterocycles. The molecule has 0 bridgehead atoms. The number of rotatable bonds is 5. The molecule has 2 nitrogen and oxygen atoms in total. The van der Waals surface area contributed by atoms with Crippen LogP contribution >= 0.6 is 0 Å². The molecule has 2 heteroatoms. The van der Waals surface area contributed by atoms with E-state index in [1.165, 1.54) is 0 Å². The molecule has 0 aliphatic heterocycles. The standard InChI is InChI=1S/C7H17NO/c1-7(6-9)4-2-3-5-8/h7,9H,2-6,8H2,1H3/i1D. The summed E-state index contributed by atoms with van der Waals surface area (Å²) in [6.07, 6.45) is 2.99. The molecule has 1 unspecified atom stereocenters. The van der Waals surface area contributed by atoms with E-state index in [9.17, 15) is 0 Å². The SMILES string of the molecule is [2H]CC(CO)CCCCN. The van der Waals surface area contributed by atoms with Crippen molar-refractivity contribution in [1.29, 1.82) is 0 Å². The van der Waals surface area contributed by atoms with Crippen molar-refractivity contribution in [2.75, 3.05) is 13.2 Å². The second kappa shape index (κ2) is 6.05. The smallest absolute Gasteiger partial charge is 0.0456 e. The molecule has 0 rings (SSSR count). The molecule has 0 aliphatic carbocycles. The zero-order valence-electron chi connectivity index (χ0n) is 6.84. The molecular formula is C7H17NO. The normalized spacial score (nSPS) is 15.1. The van der Waals surface area contributed by atoms with Crippen LogP contribution in [0.15, 0.2) is 0 Å². The first-order valence-corrected chi connectivity index (χ1v) is 3.45. The maximum atomic E-state index is 8.67. The summed E-state index contributed by atoms with van der Waals surface area (Å²) < 4.78 is 7.00. The Morgan fingerprint density at radius 3 is 2.89 bits per heavy atom. The van der Waals surface area contributed by atoms with Crippen LogP contribution < -0.4 is 5.73 Å². The predicted octanol–water partition coefficient (Wildman–Crippen LogP) is 0.744. The fraction of sp³-hybridized carbons (Fsp3) is 1.00. The van der Waals surface area contributed by atoms with E-state index in [1.807, 2.05) is 0 Å². The Balaban J connectivity index is 3.09. The van der Waals surface area contributed by atoms with Crippen molar-refractivity contribution in [2.24, 2.45) is 11.7 Å². The van der Waals surface area contributed by atoms with Gasteiger partial charge in [-0.1, -0.05) is 13.3 Å². The van der Waals surface area contributed by atoms with Crippen LogP contribution in [-0.4, -0.2) is 18.3 Å². The highest BCUT2D eigenvalue weighted by atomic mass is 16.3. The lowest BCUT2D eigenvalue weighted by Gasteiger charge is -2.04. The van der Waals surface area contributed by atoms with Crippen molar-refractivity contribution in [2.45, 2.75) is 26.2 Å². The molecule has 9 heavy (non-hydrogen) atoms. The molecular weight excluding hydrogens is 114 g/mol. The molecule has 0 saturated heterocycles. The molecule has 0 aromatic rings. The Bertz CT molecular complexity index is 66.6. The van der Waals surface area contributed by atoms with Crippen molar-refractivity contribution in [3.63, 3.8) is 0 Å². The van der Waals surface area contributed by atoms with Crippen LogP contribution in [0, 0.1) is 5.92 Å². The lowest BCUT2D eigenvalue weighted by atomic mass is 10.1. The van der Waals surface area contributed by atoms with Crippen molar-refractivity contribution < 1.29 is 6.48 Å². The van der Waals surface area contributed by atoms with Gasteiger partial charge in [-0.2, -0.15) is 0 Å². The predicted molar refractivity (Wildman–Crippen MR) is 39.2 cm³/mol. The van der Waals surface area contributed by atoms with Gasteiger partial charge in [0.05, 0.1) is 0 Å². The Labute approximate surface area is 58.5 Å². The quantitative estimate of drug-likeness (QED) is 0.542. The topological polar surface area (TPSA) is 46.2 Å². The molecule has 1 atom stereocenters. The van der Waals surface area contributed by atoms with Crippen LogP contribution in [0.5, 0.6) is 0 Å². The third kappa shape index (κ3) is 5.80. The van der Waals surface area contributed by atoms with E-state index in [0.717, 1.165) is 25.8 Å². The molecule has 0 radical (unpaired) electrons. The molecule has 0 spiro atoms. The summed E-state index contributed by atoms with van der Waals surface area (Å²) in [4.78, 5) is 0. The fourth-order valence-electron chi connectivity index (χ4n) is 0.669. The van der Waals surface area contributed by atoms with E-state index in [2.05, 4.69) is 0 Å². The number of hydrogen-bond donors (Lipinski definition) is 2. The van der Waals surface area contributed by atoms with Gasteiger partial charge in [0.15, 0.2) is 0 Å². The maximum Gasteiger partial charge on any atom is 0.0456 e. The first kappa shape index (κ1) is 7.03. The lowest BCUT2D eigenvalue weighted by molar-refractivity contribution is 0.228. The molecule has 56 valence electrons. The van der Waals surface area contributed by atoms with Crippen molar-refractivity contribution in [3.8, 4) is 0 Å². The monoisotopic (exact) mass is 132 g/mol. The third-order valence-electron chi connectivity index (χ3n) is 1.32. The number of aliphatic hydroxyl groups is 1. The summed E-state index contributed by atoms with van der Waals surface area (Å²) in [5.41, 5.74) is 5.29. The highest BCUT2D eigenvalue weighted by Crippen LogP contribution is 2.04. The van der Waals surface area contributed by atoms with Gasteiger partial charge in [-0.25, -0.2) is 0 Å². The highest BCUT2D eigenvalue weighted by molar-refractivity contribution is 4.50. The summed E-state index contributed by atoms with van der Waals surface area (Å²) in [5.74, 6) is 0.173. The van der Waals surface area contributed by atoms with Gasteiger partial charge in [0.2, 0.25) is 0 Å². The molecule has 3 N–H and O–H groups in total. The van der Waals surface area contributed by atoms with Crippen molar-refractivity contribution >= 4 is 0 Å². The molecule has 0 saturated carbocycles. The Morgan fingerprint density at radius 2 is 2.44 bits per heavy atom. The van der Waals surface area contributed by atoms with Gasteiger partial charge in [0.25, 0.3) is 0 Å². The minimum atomic E-state index is 0.147. The van der Waals surface area contributed by atoms with E-state index in [4.69, 9.17) is 12.2 Å². The second-order valence-corrected chi connectivity index (χ2v) is 2.33. The number of unbranched alkanes of at least 4 members (excludes halogenated alkanes) is 1. The zero-order valence-corrected chi connectivity index (χ0v) is 5.84. The minimum absolute atomic E-state index is 0.147. The summed E-state index contributed by atoms with van der Waals surface area (Å²) in [6, 6.07) is 0. The Morgan fingerprint density at radius 1 is 1.67 bits per heavy atom. The van der Waals surface area contributed by atoms with Gasteiger partial charge in [-0.15, -0.1) is 0 Å². The average molecular weight is 132 g/mol. The van der Waals surface area contributed by atoms with Crippen LogP contribution in [0.3, 0.4) is 0 Å².